The quantitative estimate of drug-likeness (QED) is 0.312. The van der Waals surface area contributed by atoms with Gasteiger partial charge in [0.15, 0.2) is 18.0 Å². The van der Waals surface area contributed by atoms with Gasteiger partial charge in [-0.25, -0.2) is 18.7 Å². The first-order valence-corrected chi connectivity index (χ1v) is 15.0. The van der Waals surface area contributed by atoms with Crippen LogP contribution in [0.5, 0.6) is 5.75 Å². The van der Waals surface area contributed by atoms with Crippen molar-refractivity contribution in [2.75, 3.05) is 69.3 Å². The molecule has 1 aromatic heterocycles. The van der Waals surface area contributed by atoms with E-state index in [4.69, 9.17) is 14.6 Å². The largest absolute Gasteiger partial charge is 0.483 e. The molecule has 15 heteroatoms. The standard InChI is InChI=1S/C31H34F2N8O5/c32-31(33)18-41(29(44)25(43)15-42)8-7-27(31)46-26-6-1-20(13-21(26)14-34)28-35-19-36-30(38-28)37-22-2-4-23(5-3-22)39-9-11-40(12-10-39)24-16-45-17-24/h1-6,13,19,24-25,27,42-43H,7-12,15-18H2,(H,35,36,37,38)/t25-,27?/m0/s1. The summed E-state index contributed by atoms with van der Waals surface area (Å²) in [5.41, 5.74) is 2.39. The molecule has 2 atom stereocenters. The third-order valence-corrected chi connectivity index (χ3v) is 8.44. The van der Waals surface area contributed by atoms with Gasteiger partial charge in [0, 0.05) is 56.1 Å². The van der Waals surface area contributed by atoms with Crippen molar-refractivity contribution in [1.82, 2.24) is 24.8 Å². The molecule has 1 amide bonds. The lowest BCUT2D eigenvalue weighted by molar-refractivity contribution is -0.167. The molecule has 0 aliphatic carbocycles. The molecule has 0 saturated carbocycles. The number of ether oxygens (including phenoxy) is 2. The van der Waals surface area contributed by atoms with Gasteiger partial charge in [0.05, 0.1) is 38.0 Å². The van der Waals surface area contributed by atoms with Crippen molar-refractivity contribution in [2.45, 2.75) is 30.6 Å². The zero-order chi connectivity index (χ0) is 32.3. The summed E-state index contributed by atoms with van der Waals surface area (Å²) in [6, 6.07) is 15.0. The van der Waals surface area contributed by atoms with Crippen LogP contribution in [0.3, 0.4) is 0 Å². The molecule has 2 aromatic carbocycles. The van der Waals surface area contributed by atoms with E-state index in [-0.39, 0.29) is 30.1 Å². The third-order valence-electron chi connectivity index (χ3n) is 8.44. The number of nitriles is 1. The molecule has 6 rings (SSSR count). The Hall–Kier alpha value is -4.49. The molecule has 3 N–H and O–H groups in total. The van der Waals surface area contributed by atoms with Crippen molar-refractivity contribution < 1.29 is 33.3 Å². The topological polar surface area (TPSA) is 160 Å². The number of benzene rings is 2. The Balaban J connectivity index is 1.08. The van der Waals surface area contributed by atoms with Crippen molar-refractivity contribution in [3.05, 3.63) is 54.4 Å². The number of piperazine rings is 1. The molecule has 3 aromatic rings. The number of amides is 1. The van der Waals surface area contributed by atoms with Crippen LogP contribution in [-0.4, -0.2) is 124 Å². The molecule has 4 heterocycles. The molecule has 3 saturated heterocycles. The van der Waals surface area contributed by atoms with Crippen molar-refractivity contribution >= 4 is 23.2 Å². The lowest BCUT2D eigenvalue weighted by atomic mass is 10.0. The summed E-state index contributed by atoms with van der Waals surface area (Å²) in [6.45, 7) is 3.62. The number of hydrogen-bond donors (Lipinski definition) is 3. The molecule has 242 valence electrons. The van der Waals surface area contributed by atoms with Gasteiger partial charge >= 0.3 is 5.92 Å². The van der Waals surface area contributed by atoms with E-state index in [0.29, 0.717) is 17.6 Å². The Morgan fingerprint density at radius 2 is 1.89 bits per heavy atom. The van der Waals surface area contributed by atoms with Crippen molar-refractivity contribution in [3.8, 4) is 23.2 Å². The normalized spacial score (nSPS) is 20.8. The SMILES string of the molecule is N#Cc1cc(-c2ncnc(Nc3ccc(N4CCN(C5COC5)CC4)cc3)n2)ccc1OC1CCN(C(=O)[C@@H](O)CO)CC1(F)F. The summed E-state index contributed by atoms with van der Waals surface area (Å²) >= 11 is 0. The highest BCUT2D eigenvalue weighted by Gasteiger charge is 2.48. The number of nitrogens with zero attached hydrogens (tertiary/aromatic N) is 7. The van der Waals surface area contributed by atoms with Crippen molar-refractivity contribution in [3.63, 3.8) is 0 Å². The molecule has 0 spiro atoms. The molecule has 0 radical (unpaired) electrons. The molecule has 0 bridgehead atoms. The van der Waals surface area contributed by atoms with Gasteiger partial charge < -0.3 is 34.8 Å². The van der Waals surface area contributed by atoms with E-state index in [1.807, 2.05) is 30.3 Å². The van der Waals surface area contributed by atoms with Gasteiger partial charge in [-0.2, -0.15) is 10.2 Å². The Kier molecular flexibility index (Phi) is 9.22. The number of aromatic nitrogens is 3. The lowest BCUT2D eigenvalue weighted by Gasteiger charge is -2.43. The van der Waals surface area contributed by atoms with Crippen LogP contribution in [-0.2, 0) is 9.53 Å². The number of carbonyl (C=O) groups excluding carboxylic acids is 1. The first-order chi connectivity index (χ1) is 22.2. The van der Waals surface area contributed by atoms with E-state index >= 15 is 0 Å². The Labute approximate surface area is 264 Å². The predicted molar refractivity (Wildman–Crippen MR) is 162 cm³/mol. The van der Waals surface area contributed by atoms with Crippen molar-refractivity contribution in [1.29, 1.82) is 5.26 Å². The van der Waals surface area contributed by atoms with Crippen LogP contribution in [0.4, 0.5) is 26.1 Å². The fourth-order valence-electron chi connectivity index (χ4n) is 5.71. The molecule has 3 aliphatic rings. The van der Waals surface area contributed by atoms with Crippen LogP contribution in [0, 0.1) is 11.3 Å². The predicted octanol–water partition coefficient (Wildman–Crippen LogP) is 1.64. The lowest BCUT2D eigenvalue weighted by Crippen LogP contribution is -2.57. The minimum Gasteiger partial charge on any atom is -0.483 e. The van der Waals surface area contributed by atoms with Gasteiger partial charge in [-0.3, -0.25) is 9.69 Å². The molecular formula is C31H34F2N8O5. The fourth-order valence-corrected chi connectivity index (χ4v) is 5.71. The highest BCUT2D eigenvalue weighted by atomic mass is 19.3. The van der Waals surface area contributed by atoms with Gasteiger partial charge in [-0.1, -0.05) is 0 Å². The van der Waals surface area contributed by atoms with E-state index in [1.54, 1.807) is 6.07 Å². The first kappa shape index (κ1) is 31.5. The average Bonchev–Trinajstić information content (AvgIpc) is 3.05. The summed E-state index contributed by atoms with van der Waals surface area (Å²) in [6.07, 6.45) is -2.26. The van der Waals surface area contributed by atoms with Crippen LogP contribution in [0.1, 0.15) is 12.0 Å². The molecule has 3 aliphatic heterocycles. The van der Waals surface area contributed by atoms with Gasteiger partial charge in [-0.05, 0) is 42.5 Å². The zero-order valence-corrected chi connectivity index (χ0v) is 24.9. The number of rotatable bonds is 9. The maximum Gasteiger partial charge on any atom is 0.301 e. The number of likely N-dealkylation sites (tertiary alicyclic amines) is 1. The summed E-state index contributed by atoms with van der Waals surface area (Å²) in [5.74, 6) is -3.92. The van der Waals surface area contributed by atoms with Gasteiger partial charge in [0.1, 0.15) is 18.1 Å². The monoisotopic (exact) mass is 636 g/mol. The highest BCUT2D eigenvalue weighted by molar-refractivity contribution is 5.81. The fraction of sp³-hybridized carbons (Fsp3) is 0.452. The van der Waals surface area contributed by atoms with Gasteiger partial charge in [0.2, 0.25) is 5.95 Å². The van der Waals surface area contributed by atoms with E-state index < -0.39 is 37.2 Å². The van der Waals surface area contributed by atoms with Gasteiger partial charge in [0.25, 0.3) is 5.91 Å². The molecule has 46 heavy (non-hydrogen) atoms. The number of aliphatic hydroxyl groups excluding tert-OH is 2. The molecule has 3 fully saturated rings. The number of carbonyl (C=O) groups is 1. The van der Waals surface area contributed by atoms with E-state index in [2.05, 4.69) is 30.1 Å². The van der Waals surface area contributed by atoms with Crippen LogP contribution >= 0.6 is 0 Å². The number of nitrogens with one attached hydrogen (secondary N) is 1. The Morgan fingerprint density at radius 3 is 2.54 bits per heavy atom. The summed E-state index contributed by atoms with van der Waals surface area (Å²) in [7, 11) is 0. The Morgan fingerprint density at radius 1 is 1.13 bits per heavy atom. The molecule has 1 unspecified atom stereocenters. The second-order valence-corrected chi connectivity index (χ2v) is 11.5. The van der Waals surface area contributed by atoms with Crippen LogP contribution in [0.15, 0.2) is 48.8 Å². The second kappa shape index (κ2) is 13.5. The minimum atomic E-state index is -3.46. The van der Waals surface area contributed by atoms with E-state index in [0.717, 1.165) is 55.7 Å². The van der Waals surface area contributed by atoms with Crippen LogP contribution in [0.2, 0.25) is 0 Å². The number of anilines is 3. The van der Waals surface area contributed by atoms with Crippen molar-refractivity contribution in [2.24, 2.45) is 0 Å². The number of alkyl halides is 2. The molecular weight excluding hydrogens is 602 g/mol. The van der Waals surface area contributed by atoms with E-state index in [9.17, 15) is 23.9 Å². The van der Waals surface area contributed by atoms with E-state index in [1.165, 1.54) is 18.5 Å². The first-order valence-electron chi connectivity index (χ1n) is 15.0. The number of halogens is 2. The highest BCUT2D eigenvalue weighted by Crippen LogP contribution is 2.34. The maximum atomic E-state index is 14.9. The minimum absolute atomic E-state index is 0.00914. The number of hydrogen-bond acceptors (Lipinski definition) is 12. The number of aliphatic hydroxyl groups is 2. The average molecular weight is 637 g/mol. The maximum absolute atomic E-state index is 14.9. The summed E-state index contributed by atoms with van der Waals surface area (Å²) < 4.78 is 40.7. The van der Waals surface area contributed by atoms with Crippen LogP contribution < -0.4 is 15.0 Å². The second-order valence-electron chi connectivity index (χ2n) is 11.5. The number of piperidine rings is 1. The Bertz CT molecular complexity index is 1580. The third kappa shape index (κ3) is 6.85. The van der Waals surface area contributed by atoms with Crippen LogP contribution in [0.25, 0.3) is 11.4 Å². The zero-order valence-electron chi connectivity index (χ0n) is 24.9. The summed E-state index contributed by atoms with van der Waals surface area (Å²) in [4.78, 5) is 30.6. The smallest absolute Gasteiger partial charge is 0.301 e. The van der Waals surface area contributed by atoms with Gasteiger partial charge in [-0.15, -0.1) is 0 Å². The molecule has 13 nitrogen and oxygen atoms in total. The summed E-state index contributed by atoms with van der Waals surface area (Å²) in [5, 5.41) is 31.5.